The van der Waals surface area contributed by atoms with Crippen LogP contribution in [0.2, 0.25) is 5.02 Å². The van der Waals surface area contributed by atoms with E-state index in [0.29, 0.717) is 30.0 Å². The first-order chi connectivity index (χ1) is 15.4. The van der Waals surface area contributed by atoms with E-state index in [1.54, 1.807) is 14.2 Å². The molecule has 5 nitrogen and oxygen atoms in total. The fourth-order valence-corrected chi connectivity index (χ4v) is 3.42. The van der Waals surface area contributed by atoms with E-state index in [1.807, 2.05) is 18.3 Å². The number of halogens is 1. The Balaban J connectivity index is 1.83. The van der Waals surface area contributed by atoms with Crippen LogP contribution in [-0.4, -0.2) is 52.2 Å². The summed E-state index contributed by atoms with van der Waals surface area (Å²) in [6.45, 7) is 1.37. The molecule has 1 aliphatic rings. The van der Waals surface area contributed by atoms with E-state index in [-0.39, 0.29) is 16.5 Å². The maximum atomic E-state index is 7.36. The Bertz CT molecular complexity index is 1050. The van der Waals surface area contributed by atoms with Gasteiger partial charge in [-0.1, -0.05) is 11.6 Å². The van der Waals surface area contributed by atoms with Crippen molar-refractivity contribution in [2.75, 3.05) is 41.4 Å². The highest BCUT2D eigenvalue weighted by atomic mass is 35.5. The van der Waals surface area contributed by atoms with Crippen molar-refractivity contribution in [1.82, 2.24) is 0 Å². The number of fused-ring (bicyclic) bond motifs is 1. The van der Waals surface area contributed by atoms with Crippen molar-refractivity contribution in [2.45, 2.75) is 12.8 Å². The van der Waals surface area contributed by atoms with Crippen LogP contribution in [-0.2, 0) is 12.8 Å². The molecular weight excluding hydrogens is 366 g/mol. The Hall–Kier alpha value is -2.40. The predicted octanol–water partition coefficient (Wildman–Crippen LogP) is 3.60. The van der Waals surface area contributed by atoms with E-state index in [0.717, 1.165) is 24.1 Å². The summed E-state index contributed by atoms with van der Waals surface area (Å²) in [5, 5.41) is 0.260. The Labute approximate surface area is 173 Å². The second-order valence-corrected chi connectivity index (χ2v) is 6.57. The highest BCUT2D eigenvalue weighted by Gasteiger charge is 2.20. The molecule has 0 unspecified atom stereocenters. The molecule has 2 aromatic carbocycles. The summed E-state index contributed by atoms with van der Waals surface area (Å²) in [4.78, 5) is 0. The second kappa shape index (κ2) is 8.53. The Kier molecular flexibility index (Phi) is 4.07. The van der Waals surface area contributed by atoms with Gasteiger partial charge in [-0.05, 0) is 29.3 Å². The van der Waals surface area contributed by atoms with Gasteiger partial charge in [0.1, 0.15) is 13.1 Å². The maximum Gasteiger partial charge on any atom is 0.171 e. The van der Waals surface area contributed by atoms with Crippen LogP contribution in [0, 0.1) is 0 Å². The summed E-state index contributed by atoms with van der Waals surface area (Å²) < 4.78 is 66.7. The average molecular weight is 397 g/mol. The smallest absolute Gasteiger partial charge is 0.171 e. The van der Waals surface area contributed by atoms with Gasteiger partial charge in [-0.15, -0.1) is 0 Å². The number of rotatable bonds is 7. The highest BCUT2D eigenvalue weighted by Crippen LogP contribution is 2.34. The molecule has 0 aromatic heterocycles. The lowest BCUT2D eigenvalue weighted by Gasteiger charge is -2.16. The molecular formula is C21H25ClNO4+. The minimum atomic E-state index is -2.78. The van der Waals surface area contributed by atoms with Gasteiger partial charge >= 0.3 is 0 Å². The molecule has 0 radical (unpaired) electrons. The number of nitrogens with zero attached hydrogens (tertiary/aromatic N) is 1. The third-order valence-electron chi connectivity index (χ3n) is 4.64. The molecule has 0 fully saturated rings. The van der Waals surface area contributed by atoms with E-state index in [4.69, 9.17) is 38.8 Å². The summed E-state index contributed by atoms with van der Waals surface area (Å²) in [7, 11) is -2.36. The molecule has 27 heavy (non-hydrogen) atoms. The summed E-state index contributed by atoms with van der Waals surface area (Å²) in [6.07, 6.45) is 3.32. The zero-order valence-electron chi connectivity index (χ0n) is 21.2. The number of ether oxygens (including phenoxy) is 4. The van der Waals surface area contributed by atoms with Crippen LogP contribution in [0.25, 0.3) is 0 Å². The third kappa shape index (κ3) is 4.14. The molecule has 144 valence electrons. The summed E-state index contributed by atoms with van der Waals surface area (Å²) in [5.74, 6) is 0.884. The van der Waals surface area contributed by atoms with Crippen molar-refractivity contribution in [3.05, 3.63) is 46.0 Å². The number of benzene rings is 2. The van der Waals surface area contributed by atoms with Crippen molar-refractivity contribution in [3.8, 4) is 23.0 Å². The van der Waals surface area contributed by atoms with Crippen LogP contribution >= 0.6 is 11.6 Å². The van der Waals surface area contributed by atoms with Crippen molar-refractivity contribution >= 4 is 17.8 Å². The largest absolute Gasteiger partial charge is 0.493 e. The SMILES string of the molecule is [2H]C([2H])([2H])Oc1cc(Cl)c(CC[N+]2=Cc3cc(OC)c(OC)cc3CC2)cc1OC([2H])([2H])[2H]. The molecule has 0 amide bonds. The quantitative estimate of drug-likeness (QED) is 0.670. The van der Waals surface area contributed by atoms with Crippen molar-refractivity contribution < 1.29 is 31.7 Å². The van der Waals surface area contributed by atoms with E-state index in [1.165, 1.54) is 12.1 Å². The van der Waals surface area contributed by atoms with E-state index in [2.05, 4.69) is 4.58 Å². The zero-order chi connectivity index (χ0) is 24.4. The molecule has 0 saturated carbocycles. The number of hydrogen-bond donors (Lipinski definition) is 0. The van der Waals surface area contributed by atoms with Crippen LogP contribution in [0.3, 0.4) is 0 Å². The van der Waals surface area contributed by atoms with Crippen LogP contribution in [0.15, 0.2) is 24.3 Å². The normalized spacial score (nSPS) is 17.1. The van der Waals surface area contributed by atoms with Gasteiger partial charge in [0.05, 0.1) is 36.5 Å². The van der Waals surface area contributed by atoms with Crippen molar-refractivity contribution in [2.24, 2.45) is 0 Å². The molecule has 0 aliphatic carbocycles. The van der Waals surface area contributed by atoms with E-state index >= 15 is 0 Å². The van der Waals surface area contributed by atoms with Gasteiger partial charge in [-0.2, -0.15) is 0 Å². The molecule has 0 N–H and O–H groups in total. The fraction of sp³-hybridized carbons (Fsp3) is 0.381. The molecule has 0 bridgehead atoms. The topological polar surface area (TPSA) is 39.9 Å². The van der Waals surface area contributed by atoms with Gasteiger partial charge in [-0.25, -0.2) is 4.58 Å². The lowest BCUT2D eigenvalue weighted by atomic mass is 10.0. The fourth-order valence-electron chi connectivity index (χ4n) is 3.17. The third-order valence-corrected chi connectivity index (χ3v) is 4.99. The van der Waals surface area contributed by atoms with Crippen LogP contribution in [0.4, 0.5) is 0 Å². The predicted molar refractivity (Wildman–Crippen MR) is 107 cm³/mol. The molecule has 1 heterocycles. The molecule has 2 aromatic rings. The zero-order valence-corrected chi connectivity index (χ0v) is 15.9. The molecule has 0 atom stereocenters. The van der Waals surface area contributed by atoms with Gasteiger partial charge in [0.15, 0.2) is 29.2 Å². The first-order valence-corrected chi connectivity index (χ1v) is 8.80. The monoisotopic (exact) mass is 396 g/mol. The Morgan fingerprint density at radius 2 is 1.63 bits per heavy atom. The van der Waals surface area contributed by atoms with E-state index in [9.17, 15) is 0 Å². The lowest BCUT2D eigenvalue weighted by Crippen LogP contribution is -2.25. The van der Waals surface area contributed by atoms with Gasteiger partial charge < -0.3 is 18.9 Å². The first kappa shape index (κ1) is 12.9. The standard InChI is InChI=1S/C21H25ClNO4/c1-24-18-9-14-5-7-23(13-16(14)11-20(18)26-3)8-6-15-10-19(25-2)21(27-4)12-17(15)22/h9-13H,5-8H2,1-4H3/q+1/i2D3,4D3. The molecule has 0 saturated heterocycles. The van der Waals surface area contributed by atoms with Crippen LogP contribution < -0.4 is 18.9 Å². The minimum Gasteiger partial charge on any atom is -0.493 e. The molecule has 1 aliphatic heterocycles. The van der Waals surface area contributed by atoms with Gasteiger partial charge in [0.2, 0.25) is 0 Å². The Morgan fingerprint density at radius 3 is 2.33 bits per heavy atom. The highest BCUT2D eigenvalue weighted by molar-refractivity contribution is 6.31. The molecule has 6 heteroatoms. The van der Waals surface area contributed by atoms with E-state index < -0.39 is 14.1 Å². The van der Waals surface area contributed by atoms with Crippen LogP contribution in [0.1, 0.15) is 24.9 Å². The Morgan fingerprint density at radius 1 is 0.963 bits per heavy atom. The molecule has 3 rings (SSSR count). The van der Waals surface area contributed by atoms with Crippen LogP contribution in [0.5, 0.6) is 23.0 Å². The van der Waals surface area contributed by atoms with Gasteiger partial charge in [0.25, 0.3) is 0 Å². The summed E-state index contributed by atoms with van der Waals surface area (Å²) in [5.41, 5.74) is 2.79. The average Bonchev–Trinajstić information content (AvgIpc) is 2.71. The lowest BCUT2D eigenvalue weighted by molar-refractivity contribution is -0.523. The van der Waals surface area contributed by atoms with Gasteiger partial charge in [-0.3, -0.25) is 0 Å². The summed E-state index contributed by atoms with van der Waals surface area (Å²) >= 11 is 6.35. The number of hydrogen-bond acceptors (Lipinski definition) is 4. The second-order valence-electron chi connectivity index (χ2n) is 6.17. The van der Waals surface area contributed by atoms with Crippen molar-refractivity contribution in [1.29, 1.82) is 0 Å². The number of methoxy groups -OCH3 is 4. The maximum absolute atomic E-state index is 7.36. The van der Waals surface area contributed by atoms with Crippen molar-refractivity contribution in [3.63, 3.8) is 0 Å². The summed E-state index contributed by atoms with van der Waals surface area (Å²) in [6, 6.07) is 6.59. The van der Waals surface area contributed by atoms with Gasteiger partial charge in [0, 0.05) is 29.5 Å². The minimum absolute atomic E-state index is 0.199. The first-order valence-electron chi connectivity index (χ1n) is 11.4. The molecule has 0 spiro atoms.